The van der Waals surface area contributed by atoms with E-state index in [1.165, 1.54) is 27.8 Å². The third-order valence-electron chi connectivity index (χ3n) is 5.78. The fourth-order valence-corrected chi connectivity index (χ4v) is 4.89. The minimum atomic E-state index is -3.38. The lowest BCUT2D eigenvalue weighted by molar-refractivity contribution is -0.121. The number of ketones is 1. The summed E-state index contributed by atoms with van der Waals surface area (Å²) in [5.41, 5.74) is 7.01. The molecule has 1 atom stereocenters. The van der Waals surface area contributed by atoms with Crippen molar-refractivity contribution in [3.05, 3.63) is 60.3 Å². The first-order valence-electron chi connectivity index (χ1n) is 10.4. The Balaban J connectivity index is 1.52. The fraction of sp³-hybridized carbons (Fsp3) is 0.261. The number of urea groups is 1. The summed E-state index contributed by atoms with van der Waals surface area (Å²) in [6.45, 7) is 0.417. The van der Waals surface area contributed by atoms with Gasteiger partial charge in [0.2, 0.25) is 0 Å². The van der Waals surface area contributed by atoms with E-state index < -0.39 is 27.9 Å². The van der Waals surface area contributed by atoms with Gasteiger partial charge in [-0.05, 0) is 36.6 Å². The Morgan fingerprint density at radius 1 is 1.12 bits per heavy atom. The van der Waals surface area contributed by atoms with Crippen LogP contribution in [0.5, 0.6) is 0 Å². The second kappa shape index (κ2) is 8.70. The first kappa shape index (κ1) is 22.5. The molecule has 3 amide bonds. The average molecular weight is 469 g/mol. The summed E-state index contributed by atoms with van der Waals surface area (Å²) in [6.07, 6.45) is 3.82. The van der Waals surface area contributed by atoms with Gasteiger partial charge in [0.1, 0.15) is 0 Å². The van der Waals surface area contributed by atoms with Crippen molar-refractivity contribution in [1.82, 2.24) is 9.47 Å². The Hall–Kier alpha value is -3.66. The van der Waals surface area contributed by atoms with Crippen LogP contribution in [0.25, 0.3) is 10.9 Å². The molecule has 0 saturated carbocycles. The van der Waals surface area contributed by atoms with Crippen LogP contribution in [0, 0.1) is 0 Å². The third-order valence-corrected chi connectivity index (χ3v) is 6.89. The number of amides is 3. The number of likely N-dealkylation sites (tertiary alicyclic amines) is 1. The first-order chi connectivity index (χ1) is 15.6. The molecule has 1 fully saturated rings. The molecule has 2 heterocycles. The van der Waals surface area contributed by atoms with Crippen molar-refractivity contribution in [3.63, 3.8) is 0 Å². The lowest BCUT2D eigenvalue weighted by Gasteiger charge is -2.24. The number of nitrogens with two attached hydrogens (primary N) is 1. The number of hydrogen-bond donors (Lipinski definition) is 2. The molecule has 0 spiro atoms. The normalized spacial score (nSPS) is 16.2. The van der Waals surface area contributed by atoms with Crippen molar-refractivity contribution in [3.8, 4) is 0 Å². The number of nitrogens with zero attached hydrogens (tertiary/aromatic N) is 2. The minimum Gasteiger partial charge on any atom is -0.351 e. The van der Waals surface area contributed by atoms with Crippen molar-refractivity contribution in [2.45, 2.75) is 30.2 Å². The summed E-state index contributed by atoms with van der Waals surface area (Å²) in [5.74, 6) is -0.159. The Kier molecular flexibility index (Phi) is 5.94. The highest BCUT2D eigenvalue weighted by Crippen LogP contribution is 2.27. The lowest BCUT2D eigenvalue weighted by atomic mass is 10.0. The van der Waals surface area contributed by atoms with Crippen LogP contribution >= 0.6 is 0 Å². The minimum absolute atomic E-state index is 0.0266. The van der Waals surface area contributed by atoms with E-state index in [1.807, 2.05) is 0 Å². The molecule has 1 aromatic heterocycles. The molecule has 0 aliphatic carbocycles. The maximum atomic E-state index is 13.0. The van der Waals surface area contributed by atoms with Gasteiger partial charge in [-0.15, -0.1) is 0 Å². The molecule has 172 valence electrons. The van der Waals surface area contributed by atoms with Crippen LogP contribution < -0.4 is 11.1 Å². The quantitative estimate of drug-likeness (QED) is 0.594. The summed E-state index contributed by atoms with van der Waals surface area (Å²) in [5, 5.41) is 3.46. The molecule has 33 heavy (non-hydrogen) atoms. The molecule has 4 rings (SSSR count). The Morgan fingerprint density at radius 2 is 1.88 bits per heavy atom. The number of Topliss-reactive ketones (excluding diaryl/α,β-unsaturated/α-hetero) is 1. The monoisotopic (exact) mass is 468 g/mol. The third kappa shape index (κ3) is 4.61. The molecule has 1 aliphatic heterocycles. The van der Waals surface area contributed by atoms with Crippen LogP contribution in [0.1, 0.15) is 18.4 Å². The molecular formula is C23H24N4O5S. The number of hydrogen-bond acceptors (Lipinski definition) is 5. The van der Waals surface area contributed by atoms with Gasteiger partial charge in [0.15, 0.2) is 15.6 Å². The van der Waals surface area contributed by atoms with E-state index in [9.17, 15) is 22.8 Å². The maximum absolute atomic E-state index is 13.0. The molecular weight excluding hydrogens is 444 g/mol. The SMILES string of the molecule is CS(=O)(=O)c1cccc(CC(=O)[C@@H]2CCCN2C(=O)Nc2cn(C(N)=O)c3ccccc23)c1. The largest absolute Gasteiger partial charge is 0.351 e. The van der Waals surface area contributed by atoms with Crippen LogP contribution in [0.4, 0.5) is 15.3 Å². The van der Waals surface area contributed by atoms with Crippen molar-refractivity contribution in [1.29, 1.82) is 0 Å². The maximum Gasteiger partial charge on any atom is 0.323 e. The summed E-state index contributed by atoms with van der Waals surface area (Å²) in [6, 6.07) is 11.6. The molecule has 1 aliphatic rings. The van der Waals surface area contributed by atoms with Gasteiger partial charge >= 0.3 is 12.1 Å². The number of fused-ring (bicyclic) bond motifs is 1. The van der Waals surface area contributed by atoms with Gasteiger partial charge in [-0.2, -0.15) is 0 Å². The standard InChI is InChI=1S/C23H24N4O5S/c1-33(31,32)16-7-4-6-15(12-16)13-21(28)20-10-5-11-26(20)23(30)25-18-14-27(22(24)29)19-9-3-2-8-17(18)19/h2-4,6-9,12,14,20H,5,10-11,13H2,1H3,(H2,24,29)(H,25,30)/t20-/m0/s1. The van der Waals surface area contributed by atoms with E-state index in [-0.39, 0.29) is 17.1 Å². The van der Waals surface area contributed by atoms with E-state index in [1.54, 1.807) is 36.4 Å². The number of nitrogens with one attached hydrogen (secondary N) is 1. The van der Waals surface area contributed by atoms with Gasteiger partial charge < -0.3 is 16.0 Å². The zero-order valence-corrected chi connectivity index (χ0v) is 18.8. The van der Waals surface area contributed by atoms with Crippen LogP contribution in [0.3, 0.4) is 0 Å². The molecule has 3 N–H and O–H groups in total. The fourth-order valence-electron chi connectivity index (χ4n) is 4.20. The first-order valence-corrected chi connectivity index (χ1v) is 12.3. The van der Waals surface area contributed by atoms with Gasteiger partial charge in [-0.1, -0.05) is 30.3 Å². The molecule has 0 unspecified atom stereocenters. The predicted molar refractivity (Wildman–Crippen MR) is 124 cm³/mol. The van der Waals surface area contributed by atoms with E-state index in [0.717, 1.165) is 6.26 Å². The van der Waals surface area contributed by atoms with Crippen LogP contribution in [-0.4, -0.2) is 54.6 Å². The number of rotatable bonds is 5. The number of carbonyl (C=O) groups excluding carboxylic acids is 3. The molecule has 1 saturated heterocycles. The number of sulfone groups is 1. The number of benzene rings is 2. The van der Waals surface area contributed by atoms with E-state index >= 15 is 0 Å². The summed E-state index contributed by atoms with van der Waals surface area (Å²) in [7, 11) is -3.38. The number of carbonyl (C=O) groups is 3. The number of aromatic nitrogens is 1. The molecule has 9 nitrogen and oxygen atoms in total. The number of primary amides is 1. The van der Waals surface area contributed by atoms with Crippen LogP contribution in [-0.2, 0) is 21.1 Å². The Bertz CT molecular complexity index is 1360. The second-order valence-corrected chi connectivity index (χ2v) is 10.1. The van der Waals surface area contributed by atoms with E-state index in [2.05, 4.69) is 5.32 Å². The van der Waals surface area contributed by atoms with Crippen molar-refractivity contribution in [2.24, 2.45) is 5.73 Å². The number of para-hydroxylation sites is 1. The predicted octanol–water partition coefficient (Wildman–Crippen LogP) is 2.78. The lowest BCUT2D eigenvalue weighted by Crippen LogP contribution is -2.43. The van der Waals surface area contributed by atoms with Crippen molar-refractivity contribution >= 4 is 44.3 Å². The van der Waals surface area contributed by atoms with Crippen molar-refractivity contribution < 1.29 is 22.8 Å². The molecule has 10 heteroatoms. The Morgan fingerprint density at radius 3 is 2.61 bits per heavy atom. The molecule has 0 bridgehead atoms. The zero-order valence-electron chi connectivity index (χ0n) is 18.0. The van der Waals surface area contributed by atoms with Crippen LogP contribution in [0.2, 0.25) is 0 Å². The van der Waals surface area contributed by atoms with Gasteiger partial charge in [-0.3, -0.25) is 9.36 Å². The summed E-state index contributed by atoms with van der Waals surface area (Å²) < 4.78 is 24.9. The smallest absolute Gasteiger partial charge is 0.323 e. The van der Waals surface area contributed by atoms with Gasteiger partial charge in [-0.25, -0.2) is 18.0 Å². The summed E-state index contributed by atoms with van der Waals surface area (Å²) in [4.78, 5) is 39.4. The van der Waals surface area contributed by atoms with Gasteiger partial charge in [0, 0.05) is 30.8 Å². The molecule has 3 aromatic rings. The Labute approximate surface area is 191 Å². The molecule has 0 radical (unpaired) electrons. The van der Waals surface area contributed by atoms with Crippen LogP contribution in [0.15, 0.2) is 59.6 Å². The van der Waals surface area contributed by atoms with E-state index in [0.29, 0.717) is 41.5 Å². The second-order valence-electron chi connectivity index (χ2n) is 8.11. The zero-order chi connectivity index (χ0) is 23.8. The van der Waals surface area contributed by atoms with Gasteiger partial charge in [0.25, 0.3) is 0 Å². The average Bonchev–Trinajstić information content (AvgIpc) is 3.39. The highest BCUT2D eigenvalue weighted by atomic mass is 32.2. The van der Waals surface area contributed by atoms with Gasteiger partial charge in [0.05, 0.1) is 22.1 Å². The highest BCUT2D eigenvalue weighted by molar-refractivity contribution is 7.90. The molecule has 2 aromatic carbocycles. The number of anilines is 1. The summed E-state index contributed by atoms with van der Waals surface area (Å²) >= 11 is 0. The topological polar surface area (TPSA) is 132 Å². The highest BCUT2D eigenvalue weighted by Gasteiger charge is 2.34. The van der Waals surface area contributed by atoms with E-state index in [4.69, 9.17) is 5.73 Å². The van der Waals surface area contributed by atoms with Crippen molar-refractivity contribution in [2.75, 3.05) is 18.1 Å².